The summed E-state index contributed by atoms with van der Waals surface area (Å²) in [6.07, 6.45) is 1.20. The van der Waals surface area contributed by atoms with Crippen LogP contribution in [-0.2, 0) is 0 Å². The van der Waals surface area contributed by atoms with Crippen LogP contribution in [0.5, 0.6) is 0 Å². The van der Waals surface area contributed by atoms with E-state index in [-0.39, 0.29) is 6.04 Å². The molecular weight excluding hydrogens is 246 g/mol. The Balaban J connectivity index is 2.12. The van der Waals surface area contributed by atoms with E-state index in [9.17, 15) is 0 Å². The standard InChI is InChI=1S/C14H22ClN3/c1-17-6-3-7-18(9-8-17)14(11-16)12-4-2-5-13(15)10-12/h2,4-5,10,14H,3,6-9,11,16H2,1H3. The smallest absolute Gasteiger partial charge is 0.0471 e. The highest BCUT2D eigenvalue weighted by molar-refractivity contribution is 6.30. The minimum absolute atomic E-state index is 0.287. The van der Waals surface area contributed by atoms with Crippen LogP contribution in [-0.4, -0.2) is 49.6 Å². The van der Waals surface area contributed by atoms with Crippen LogP contribution in [0.1, 0.15) is 18.0 Å². The first kappa shape index (κ1) is 13.8. The number of nitrogens with two attached hydrogens (primary N) is 1. The zero-order chi connectivity index (χ0) is 13.0. The molecule has 3 nitrogen and oxygen atoms in total. The highest BCUT2D eigenvalue weighted by Crippen LogP contribution is 2.23. The Hall–Kier alpha value is -0.610. The lowest BCUT2D eigenvalue weighted by Gasteiger charge is -2.30. The molecule has 0 radical (unpaired) electrons. The van der Waals surface area contributed by atoms with Crippen LogP contribution < -0.4 is 5.73 Å². The average molecular weight is 268 g/mol. The zero-order valence-electron chi connectivity index (χ0n) is 11.0. The summed E-state index contributed by atoms with van der Waals surface area (Å²) in [5.74, 6) is 0. The Kier molecular flexibility index (Phi) is 5.01. The molecule has 1 aromatic rings. The molecule has 100 valence electrons. The molecule has 0 saturated carbocycles. The van der Waals surface area contributed by atoms with E-state index in [0.29, 0.717) is 6.54 Å². The molecule has 1 heterocycles. The van der Waals surface area contributed by atoms with Crippen molar-refractivity contribution in [1.82, 2.24) is 9.80 Å². The molecule has 1 aromatic carbocycles. The summed E-state index contributed by atoms with van der Waals surface area (Å²) in [6.45, 7) is 5.11. The van der Waals surface area contributed by atoms with Gasteiger partial charge in [0.15, 0.2) is 0 Å². The van der Waals surface area contributed by atoms with Gasteiger partial charge in [-0.25, -0.2) is 0 Å². The Morgan fingerprint density at radius 1 is 1.28 bits per heavy atom. The first-order chi connectivity index (χ1) is 8.70. The van der Waals surface area contributed by atoms with Gasteiger partial charge < -0.3 is 10.6 Å². The number of halogens is 1. The summed E-state index contributed by atoms with van der Waals surface area (Å²) in [5.41, 5.74) is 7.20. The van der Waals surface area contributed by atoms with Gasteiger partial charge in [0.1, 0.15) is 0 Å². The third-order valence-electron chi connectivity index (χ3n) is 3.65. The van der Waals surface area contributed by atoms with Gasteiger partial charge in [-0.2, -0.15) is 0 Å². The van der Waals surface area contributed by atoms with Gasteiger partial charge in [0.25, 0.3) is 0 Å². The summed E-state index contributed by atoms with van der Waals surface area (Å²) in [4.78, 5) is 4.86. The van der Waals surface area contributed by atoms with E-state index in [4.69, 9.17) is 17.3 Å². The molecule has 2 rings (SSSR count). The van der Waals surface area contributed by atoms with Gasteiger partial charge in [-0.1, -0.05) is 23.7 Å². The van der Waals surface area contributed by atoms with Crippen molar-refractivity contribution < 1.29 is 0 Å². The lowest BCUT2D eigenvalue weighted by atomic mass is 10.1. The first-order valence-corrected chi connectivity index (χ1v) is 6.96. The molecule has 1 aliphatic heterocycles. The molecule has 0 aromatic heterocycles. The van der Waals surface area contributed by atoms with Crippen molar-refractivity contribution in [3.63, 3.8) is 0 Å². The van der Waals surface area contributed by atoms with Crippen molar-refractivity contribution in [2.24, 2.45) is 5.73 Å². The Bertz CT molecular complexity index is 383. The van der Waals surface area contributed by atoms with Crippen LogP contribution in [0.3, 0.4) is 0 Å². The molecule has 0 amide bonds. The van der Waals surface area contributed by atoms with Crippen LogP contribution in [0.2, 0.25) is 5.02 Å². The molecule has 4 heteroatoms. The maximum Gasteiger partial charge on any atom is 0.0471 e. The van der Waals surface area contributed by atoms with Crippen LogP contribution >= 0.6 is 11.6 Å². The molecule has 0 aliphatic carbocycles. The fraction of sp³-hybridized carbons (Fsp3) is 0.571. The molecule has 1 saturated heterocycles. The summed E-state index contributed by atoms with van der Waals surface area (Å²) < 4.78 is 0. The van der Waals surface area contributed by atoms with Crippen molar-refractivity contribution >= 4 is 11.6 Å². The second kappa shape index (κ2) is 6.53. The quantitative estimate of drug-likeness (QED) is 0.909. The second-order valence-electron chi connectivity index (χ2n) is 5.00. The lowest BCUT2D eigenvalue weighted by Crippen LogP contribution is -2.36. The molecule has 0 spiro atoms. The average Bonchev–Trinajstić information content (AvgIpc) is 2.56. The van der Waals surface area contributed by atoms with E-state index in [0.717, 1.165) is 24.7 Å². The van der Waals surface area contributed by atoms with Gasteiger partial charge in [0, 0.05) is 37.2 Å². The third kappa shape index (κ3) is 3.45. The number of hydrogen-bond donors (Lipinski definition) is 1. The summed E-state index contributed by atoms with van der Waals surface area (Å²) >= 11 is 6.07. The van der Waals surface area contributed by atoms with Gasteiger partial charge in [-0.3, -0.25) is 4.90 Å². The predicted molar refractivity (Wildman–Crippen MR) is 76.9 cm³/mol. The van der Waals surface area contributed by atoms with Gasteiger partial charge in [-0.05, 0) is 37.7 Å². The van der Waals surface area contributed by atoms with Crippen LogP contribution in [0.15, 0.2) is 24.3 Å². The molecular formula is C14H22ClN3. The van der Waals surface area contributed by atoms with E-state index < -0.39 is 0 Å². The van der Waals surface area contributed by atoms with E-state index in [1.165, 1.54) is 18.5 Å². The van der Waals surface area contributed by atoms with E-state index in [2.05, 4.69) is 22.9 Å². The molecule has 18 heavy (non-hydrogen) atoms. The van der Waals surface area contributed by atoms with Crippen LogP contribution in [0.25, 0.3) is 0 Å². The fourth-order valence-corrected chi connectivity index (χ4v) is 2.79. The van der Waals surface area contributed by atoms with Crippen LogP contribution in [0, 0.1) is 0 Å². The fourth-order valence-electron chi connectivity index (χ4n) is 2.59. The molecule has 1 aliphatic rings. The number of likely N-dealkylation sites (N-methyl/N-ethyl adjacent to an activating group) is 1. The van der Waals surface area contributed by atoms with Crippen molar-refractivity contribution in [2.75, 3.05) is 39.8 Å². The van der Waals surface area contributed by atoms with Gasteiger partial charge in [-0.15, -0.1) is 0 Å². The molecule has 1 unspecified atom stereocenters. The van der Waals surface area contributed by atoms with Gasteiger partial charge in [0.2, 0.25) is 0 Å². The topological polar surface area (TPSA) is 32.5 Å². The second-order valence-corrected chi connectivity index (χ2v) is 5.44. The Morgan fingerprint density at radius 2 is 2.11 bits per heavy atom. The molecule has 1 atom stereocenters. The van der Waals surface area contributed by atoms with E-state index >= 15 is 0 Å². The normalized spacial score (nSPS) is 20.6. The monoisotopic (exact) mass is 267 g/mol. The van der Waals surface area contributed by atoms with E-state index in [1.54, 1.807) is 0 Å². The Morgan fingerprint density at radius 3 is 2.83 bits per heavy atom. The predicted octanol–water partition coefficient (Wildman–Crippen LogP) is 1.98. The summed E-state index contributed by atoms with van der Waals surface area (Å²) in [6, 6.07) is 8.36. The summed E-state index contributed by atoms with van der Waals surface area (Å²) in [7, 11) is 2.18. The Labute approximate surface area is 115 Å². The molecule has 2 N–H and O–H groups in total. The highest BCUT2D eigenvalue weighted by atomic mass is 35.5. The number of benzene rings is 1. The summed E-state index contributed by atoms with van der Waals surface area (Å²) in [5, 5.41) is 0.790. The third-order valence-corrected chi connectivity index (χ3v) is 3.89. The number of hydrogen-bond acceptors (Lipinski definition) is 3. The minimum atomic E-state index is 0.287. The number of nitrogens with zero attached hydrogens (tertiary/aromatic N) is 2. The van der Waals surface area contributed by atoms with Crippen molar-refractivity contribution in [1.29, 1.82) is 0 Å². The van der Waals surface area contributed by atoms with E-state index in [1.807, 2.05) is 18.2 Å². The first-order valence-electron chi connectivity index (χ1n) is 6.59. The SMILES string of the molecule is CN1CCCN(C(CN)c2cccc(Cl)c2)CC1. The molecule has 0 bridgehead atoms. The largest absolute Gasteiger partial charge is 0.329 e. The van der Waals surface area contributed by atoms with Crippen molar-refractivity contribution in [3.8, 4) is 0 Å². The molecule has 1 fully saturated rings. The highest BCUT2D eigenvalue weighted by Gasteiger charge is 2.21. The van der Waals surface area contributed by atoms with Crippen molar-refractivity contribution in [3.05, 3.63) is 34.9 Å². The minimum Gasteiger partial charge on any atom is -0.329 e. The maximum atomic E-state index is 6.07. The number of rotatable bonds is 3. The van der Waals surface area contributed by atoms with Crippen LogP contribution in [0.4, 0.5) is 0 Å². The van der Waals surface area contributed by atoms with Gasteiger partial charge in [0.05, 0.1) is 0 Å². The maximum absolute atomic E-state index is 6.07. The van der Waals surface area contributed by atoms with Crippen molar-refractivity contribution in [2.45, 2.75) is 12.5 Å². The zero-order valence-corrected chi connectivity index (χ0v) is 11.7. The van der Waals surface area contributed by atoms with Gasteiger partial charge >= 0.3 is 0 Å². The lowest BCUT2D eigenvalue weighted by molar-refractivity contribution is 0.208.